The van der Waals surface area contributed by atoms with Crippen molar-refractivity contribution in [2.75, 3.05) is 13.1 Å². The van der Waals surface area contributed by atoms with Crippen molar-refractivity contribution < 1.29 is 4.79 Å². The molecule has 2 heterocycles. The molecule has 1 saturated heterocycles. The second-order valence-corrected chi connectivity index (χ2v) is 4.98. The first-order valence-corrected chi connectivity index (χ1v) is 6.20. The van der Waals surface area contributed by atoms with Gasteiger partial charge in [-0.3, -0.25) is 4.79 Å². The molecule has 1 aliphatic rings. The van der Waals surface area contributed by atoms with E-state index >= 15 is 0 Å². The Kier molecular flexibility index (Phi) is 3.38. The lowest BCUT2D eigenvalue weighted by Gasteiger charge is -2.30. The first kappa shape index (κ1) is 10.6. The molecule has 0 saturated carbocycles. The maximum Gasteiger partial charge on any atom is 0.261 e. The Morgan fingerprint density at radius 1 is 1.67 bits per heavy atom. The van der Waals surface area contributed by atoms with Gasteiger partial charge in [-0.05, 0) is 36.9 Å². The third-order valence-corrected chi connectivity index (χ3v) is 3.72. The molecule has 15 heavy (non-hydrogen) atoms. The molecule has 1 aliphatic heterocycles. The maximum atomic E-state index is 11.8. The van der Waals surface area contributed by atoms with E-state index in [1.807, 2.05) is 17.5 Å². The maximum absolute atomic E-state index is 11.8. The number of hydrogen-bond donors (Lipinski definition) is 2. The third-order valence-electron chi connectivity index (χ3n) is 2.85. The molecule has 82 valence electrons. The SMILES string of the molecule is CC1CNCCC1NC(=O)c1cccs1. The summed E-state index contributed by atoms with van der Waals surface area (Å²) in [5.41, 5.74) is 0. The molecule has 0 aromatic carbocycles. The Labute approximate surface area is 93.9 Å². The van der Waals surface area contributed by atoms with Gasteiger partial charge in [0.2, 0.25) is 0 Å². The van der Waals surface area contributed by atoms with Crippen LogP contribution in [0.15, 0.2) is 17.5 Å². The van der Waals surface area contributed by atoms with Gasteiger partial charge in [0, 0.05) is 6.04 Å². The molecule has 4 heteroatoms. The van der Waals surface area contributed by atoms with E-state index < -0.39 is 0 Å². The summed E-state index contributed by atoms with van der Waals surface area (Å²) in [5.74, 6) is 0.589. The van der Waals surface area contributed by atoms with Gasteiger partial charge in [-0.25, -0.2) is 0 Å². The Morgan fingerprint density at radius 3 is 3.20 bits per heavy atom. The van der Waals surface area contributed by atoms with Gasteiger partial charge in [0.15, 0.2) is 0 Å². The van der Waals surface area contributed by atoms with E-state index in [4.69, 9.17) is 0 Å². The van der Waals surface area contributed by atoms with Crippen LogP contribution in [0.5, 0.6) is 0 Å². The van der Waals surface area contributed by atoms with E-state index in [1.54, 1.807) is 0 Å². The molecule has 1 fully saturated rings. The van der Waals surface area contributed by atoms with E-state index in [9.17, 15) is 4.79 Å². The van der Waals surface area contributed by atoms with E-state index in [0.29, 0.717) is 12.0 Å². The highest BCUT2D eigenvalue weighted by Crippen LogP contribution is 2.13. The van der Waals surface area contributed by atoms with Gasteiger partial charge in [-0.2, -0.15) is 0 Å². The molecule has 2 rings (SSSR count). The molecule has 3 nitrogen and oxygen atoms in total. The van der Waals surface area contributed by atoms with E-state index in [-0.39, 0.29) is 5.91 Å². The quantitative estimate of drug-likeness (QED) is 0.799. The second-order valence-electron chi connectivity index (χ2n) is 4.03. The van der Waals surface area contributed by atoms with Crippen molar-refractivity contribution in [1.29, 1.82) is 0 Å². The molecular weight excluding hydrogens is 208 g/mol. The van der Waals surface area contributed by atoms with Gasteiger partial charge >= 0.3 is 0 Å². The van der Waals surface area contributed by atoms with E-state index in [1.165, 1.54) is 11.3 Å². The Balaban J connectivity index is 1.93. The van der Waals surface area contributed by atoms with Crippen LogP contribution >= 0.6 is 11.3 Å². The normalized spacial score (nSPS) is 26.2. The van der Waals surface area contributed by atoms with Crippen LogP contribution in [-0.2, 0) is 0 Å². The first-order chi connectivity index (χ1) is 7.27. The Bertz CT molecular complexity index is 323. The van der Waals surface area contributed by atoms with Crippen LogP contribution in [-0.4, -0.2) is 25.0 Å². The molecule has 1 amide bonds. The topological polar surface area (TPSA) is 41.1 Å². The van der Waals surface area contributed by atoms with E-state index in [0.717, 1.165) is 24.4 Å². The van der Waals surface area contributed by atoms with Gasteiger partial charge in [0.05, 0.1) is 4.88 Å². The van der Waals surface area contributed by atoms with Crippen molar-refractivity contribution in [3.05, 3.63) is 22.4 Å². The summed E-state index contributed by atoms with van der Waals surface area (Å²) in [7, 11) is 0. The van der Waals surface area contributed by atoms with Crippen LogP contribution in [0.2, 0.25) is 0 Å². The van der Waals surface area contributed by atoms with Gasteiger partial charge < -0.3 is 10.6 Å². The fourth-order valence-corrected chi connectivity index (χ4v) is 2.50. The van der Waals surface area contributed by atoms with Crippen molar-refractivity contribution in [2.24, 2.45) is 5.92 Å². The number of nitrogens with one attached hydrogen (secondary N) is 2. The van der Waals surface area contributed by atoms with Gasteiger partial charge in [0.1, 0.15) is 0 Å². The number of carbonyl (C=O) groups is 1. The molecule has 0 radical (unpaired) electrons. The van der Waals surface area contributed by atoms with Gasteiger partial charge in [-0.1, -0.05) is 13.0 Å². The minimum Gasteiger partial charge on any atom is -0.348 e. The molecule has 2 N–H and O–H groups in total. The summed E-state index contributed by atoms with van der Waals surface area (Å²) >= 11 is 1.49. The Hall–Kier alpha value is -0.870. The average molecular weight is 224 g/mol. The van der Waals surface area contributed by atoms with Crippen LogP contribution in [0.4, 0.5) is 0 Å². The summed E-state index contributed by atoms with van der Waals surface area (Å²) in [6.45, 7) is 4.17. The van der Waals surface area contributed by atoms with Crippen LogP contribution in [0.3, 0.4) is 0 Å². The summed E-state index contributed by atoms with van der Waals surface area (Å²) in [6, 6.07) is 4.10. The monoisotopic (exact) mass is 224 g/mol. The summed E-state index contributed by atoms with van der Waals surface area (Å²) < 4.78 is 0. The number of thiophene rings is 1. The molecule has 1 aromatic heterocycles. The molecular formula is C11H16N2OS. The zero-order valence-corrected chi connectivity index (χ0v) is 9.64. The fraction of sp³-hybridized carbons (Fsp3) is 0.545. The zero-order chi connectivity index (χ0) is 10.7. The van der Waals surface area contributed by atoms with Crippen LogP contribution in [0, 0.1) is 5.92 Å². The lowest BCUT2D eigenvalue weighted by Crippen LogP contribution is -2.48. The predicted molar refractivity (Wildman–Crippen MR) is 62.2 cm³/mol. The molecule has 2 atom stereocenters. The van der Waals surface area contributed by atoms with Crippen molar-refractivity contribution in [1.82, 2.24) is 10.6 Å². The lowest BCUT2D eigenvalue weighted by molar-refractivity contribution is 0.0918. The van der Waals surface area contributed by atoms with Crippen LogP contribution in [0.1, 0.15) is 23.0 Å². The first-order valence-electron chi connectivity index (χ1n) is 5.32. The van der Waals surface area contributed by atoms with Crippen molar-refractivity contribution in [3.8, 4) is 0 Å². The van der Waals surface area contributed by atoms with Gasteiger partial charge in [-0.15, -0.1) is 11.3 Å². The van der Waals surface area contributed by atoms with Crippen LogP contribution < -0.4 is 10.6 Å². The second kappa shape index (κ2) is 4.77. The molecule has 1 aromatic rings. The molecule has 0 aliphatic carbocycles. The summed E-state index contributed by atoms with van der Waals surface area (Å²) in [4.78, 5) is 12.6. The summed E-state index contributed by atoms with van der Waals surface area (Å²) in [5, 5.41) is 8.36. The molecule has 0 spiro atoms. The van der Waals surface area contributed by atoms with E-state index in [2.05, 4.69) is 17.6 Å². The van der Waals surface area contributed by atoms with Crippen molar-refractivity contribution in [3.63, 3.8) is 0 Å². The number of piperidine rings is 1. The molecule has 0 bridgehead atoms. The summed E-state index contributed by atoms with van der Waals surface area (Å²) in [6.07, 6.45) is 1.03. The zero-order valence-electron chi connectivity index (χ0n) is 8.82. The standard InChI is InChI=1S/C11H16N2OS/c1-8-7-12-5-4-9(8)13-11(14)10-3-2-6-15-10/h2-3,6,8-9,12H,4-5,7H2,1H3,(H,13,14). The number of carbonyl (C=O) groups excluding carboxylic acids is 1. The highest BCUT2D eigenvalue weighted by molar-refractivity contribution is 7.12. The number of hydrogen-bond acceptors (Lipinski definition) is 3. The predicted octanol–water partition coefficient (Wildman–Crippen LogP) is 1.48. The minimum absolute atomic E-state index is 0.0729. The largest absolute Gasteiger partial charge is 0.348 e. The molecule has 2 unspecified atom stereocenters. The van der Waals surface area contributed by atoms with Gasteiger partial charge in [0.25, 0.3) is 5.91 Å². The lowest BCUT2D eigenvalue weighted by atomic mass is 9.95. The minimum atomic E-state index is 0.0729. The number of amides is 1. The average Bonchev–Trinajstić information content (AvgIpc) is 2.74. The third kappa shape index (κ3) is 2.58. The number of rotatable bonds is 2. The highest BCUT2D eigenvalue weighted by Gasteiger charge is 2.23. The highest BCUT2D eigenvalue weighted by atomic mass is 32.1. The Morgan fingerprint density at radius 2 is 2.53 bits per heavy atom. The fourth-order valence-electron chi connectivity index (χ4n) is 1.88. The van der Waals surface area contributed by atoms with Crippen molar-refractivity contribution >= 4 is 17.2 Å². The smallest absolute Gasteiger partial charge is 0.261 e. The van der Waals surface area contributed by atoms with Crippen molar-refractivity contribution in [2.45, 2.75) is 19.4 Å². The van der Waals surface area contributed by atoms with Crippen LogP contribution in [0.25, 0.3) is 0 Å².